The molecule has 2 N–H and O–H groups in total. The van der Waals surface area contributed by atoms with E-state index in [0.717, 1.165) is 30.1 Å². The van der Waals surface area contributed by atoms with Crippen molar-refractivity contribution in [2.75, 3.05) is 12.4 Å². The Balaban J connectivity index is 1.40. The summed E-state index contributed by atoms with van der Waals surface area (Å²) in [6.45, 7) is 2.99. The SMILES string of the molecule is COC(=O)Nc1cnc(-c2ccccc2)n(CC(=O)N[C@@H](C(=O)c2nnc(C3(c4ccc(F)cc4)CCCC3)o2)C(C)C)c1=O. The molecule has 12 nitrogen and oxygen atoms in total. The summed E-state index contributed by atoms with van der Waals surface area (Å²) in [5.74, 6) is -1.79. The predicted molar refractivity (Wildman–Crippen MR) is 161 cm³/mol. The number of nitrogens with one attached hydrogen (secondary N) is 2. The van der Waals surface area contributed by atoms with E-state index in [4.69, 9.17) is 4.42 Å². The molecule has 2 heterocycles. The summed E-state index contributed by atoms with van der Waals surface area (Å²) in [5.41, 5.74) is -0.132. The van der Waals surface area contributed by atoms with Gasteiger partial charge < -0.3 is 14.5 Å². The smallest absolute Gasteiger partial charge is 0.411 e. The highest BCUT2D eigenvalue weighted by atomic mass is 19.1. The average molecular weight is 617 g/mol. The van der Waals surface area contributed by atoms with Crippen LogP contribution in [0.4, 0.5) is 14.9 Å². The Bertz CT molecular complexity index is 1750. The van der Waals surface area contributed by atoms with Crippen molar-refractivity contribution in [2.45, 2.75) is 57.5 Å². The summed E-state index contributed by atoms with van der Waals surface area (Å²) < 4.78 is 25.3. The summed E-state index contributed by atoms with van der Waals surface area (Å²) in [5, 5.41) is 13.3. The van der Waals surface area contributed by atoms with Crippen molar-refractivity contribution >= 4 is 23.5 Å². The van der Waals surface area contributed by atoms with Gasteiger partial charge in [-0.25, -0.2) is 14.2 Å². The molecule has 1 saturated carbocycles. The maximum atomic E-state index is 13.7. The number of carbonyl (C=O) groups excluding carboxylic acids is 3. The first kappa shape index (κ1) is 31.2. The molecule has 2 amide bonds. The quantitative estimate of drug-likeness (QED) is 0.245. The topological polar surface area (TPSA) is 158 Å². The Kier molecular flexibility index (Phi) is 9.16. The summed E-state index contributed by atoms with van der Waals surface area (Å²) in [4.78, 5) is 56.5. The van der Waals surface area contributed by atoms with Gasteiger partial charge in [0.05, 0.1) is 24.8 Å². The van der Waals surface area contributed by atoms with Gasteiger partial charge in [-0.05, 0) is 36.5 Å². The van der Waals surface area contributed by atoms with Crippen LogP contribution >= 0.6 is 0 Å². The number of nitrogens with zero attached hydrogens (tertiary/aromatic N) is 4. The first-order chi connectivity index (χ1) is 21.6. The molecule has 13 heteroatoms. The van der Waals surface area contributed by atoms with Crippen LogP contribution in [-0.4, -0.2) is 50.7 Å². The van der Waals surface area contributed by atoms with Crippen LogP contribution < -0.4 is 16.2 Å². The van der Waals surface area contributed by atoms with E-state index >= 15 is 0 Å². The molecule has 234 valence electrons. The van der Waals surface area contributed by atoms with Crippen LogP contribution in [0.15, 0.2) is 70.0 Å². The van der Waals surface area contributed by atoms with Gasteiger partial charge in [0.25, 0.3) is 11.4 Å². The molecule has 0 aliphatic heterocycles. The molecule has 0 bridgehead atoms. The summed E-state index contributed by atoms with van der Waals surface area (Å²) in [6, 6.07) is 13.8. The molecule has 5 rings (SSSR count). The molecule has 1 fully saturated rings. The van der Waals surface area contributed by atoms with Gasteiger partial charge in [-0.3, -0.25) is 24.3 Å². The minimum Gasteiger partial charge on any atom is -0.453 e. The number of hydrogen-bond acceptors (Lipinski definition) is 9. The molecule has 0 unspecified atom stereocenters. The van der Waals surface area contributed by atoms with Gasteiger partial charge in [0.2, 0.25) is 17.6 Å². The van der Waals surface area contributed by atoms with Gasteiger partial charge in [0.15, 0.2) is 0 Å². The van der Waals surface area contributed by atoms with Gasteiger partial charge in [-0.2, -0.15) is 0 Å². The monoisotopic (exact) mass is 616 g/mol. The molecular formula is C32H33FN6O6. The number of Topliss-reactive ketones (excluding diaryl/α,β-unsaturated/α-hetero) is 1. The Morgan fingerprint density at radius 2 is 1.73 bits per heavy atom. The van der Waals surface area contributed by atoms with Crippen molar-refractivity contribution in [2.24, 2.45) is 5.92 Å². The highest BCUT2D eigenvalue weighted by Gasteiger charge is 2.43. The maximum absolute atomic E-state index is 13.7. The number of aromatic nitrogens is 4. The van der Waals surface area contributed by atoms with Gasteiger partial charge in [-0.15, -0.1) is 10.2 Å². The summed E-state index contributed by atoms with van der Waals surface area (Å²) >= 11 is 0. The number of anilines is 1. The van der Waals surface area contributed by atoms with E-state index < -0.39 is 41.3 Å². The van der Waals surface area contributed by atoms with Crippen molar-refractivity contribution in [1.29, 1.82) is 0 Å². The van der Waals surface area contributed by atoms with Gasteiger partial charge >= 0.3 is 6.09 Å². The van der Waals surface area contributed by atoms with Crippen LogP contribution in [0.25, 0.3) is 11.4 Å². The third-order valence-electron chi connectivity index (χ3n) is 7.97. The molecule has 45 heavy (non-hydrogen) atoms. The number of carbonyl (C=O) groups is 3. The van der Waals surface area contributed by atoms with Gasteiger partial charge in [0, 0.05) is 5.56 Å². The molecule has 2 aromatic carbocycles. The number of benzene rings is 2. The second-order valence-corrected chi connectivity index (χ2v) is 11.2. The predicted octanol–water partition coefficient (Wildman–Crippen LogP) is 4.49. The first-order valence-electron chi connectivity index (χ1n) is 14.6. The summed E-state index contributed by atoms with van der Waals surface area (Å²) in [7, 11) is 1.15. The molecular weight excluding hydrogens is 583 g/mol. The zero-order chi connectivity index (χ0) is 32.1. The van der Waals surface area contributed by atoms with E-state index in [2.05, 4.69) is 30.6 Å². The molecule has 2 aromatic heterocycles. The van der Waals surface area contributed by atoms with Crippen molar-refractivity contribution in [3.63, 3.8) is 0 Å². The lowest BCUT2D eigenvalue weighted by atomic mass is 9.79. The second kappa shape index (κ2) is 13.2. The second-order valence-electron chi connectivity index (χ2n) is 11.2. The fourth-order valence-corrected chi connectivity index (χ4v) is 5.62. The van der Waals surface area contributed by atoms with Crippen LogP contribution in [-0.2, 0) is 21.5 Å². The molecule has 1 atom stereocenters. The normalized spacial score (nSPS) is 14.6. The molecule has 0 saturated heterocycles. The number of rotatable bonds is 10. The van der Waals surface area contributed by atoms with E-state index in [9.17, 15) is 23.6 Å². The molecule has 0 radical (unpaired) electrons. The van der Waals surface area contributed by atoms with E-state index in [1.165, 1.54) is 18.3 Å². The Morgan fingerprint density at radius 1 is 1.04 bits per heavy atom. The number of ketones is 1. The zero-order valence-corrected chi connectivity index (χ0v) is 25.1. The Morgan fingerprint density at radius 3 is 2.38 bits per heavy atom. The van der Waals surface area contributed by atoms with Crippen LogP contribution in [0.2, 0.25) is 0 Å². The lowest BCUT2D eigenvalue weighted by Gasteiger charge is -2.25. The zero-order valence-electron chi connectivity index (χ0n) is 25.1. The van der Waals surface area contributed by atoms with Crippen molar-refractivity contribution in [3.05, 3.63) is 94.3 Å². The molecule has 1 aliphatic carbocycles. The third kappa shape index (κ3) is 6.52. The Hall–Kier alpha value is -5.20. The van der Waals surface area contributed by atoms with E-state index in [1.54, 1.807) is 56.3 Å². The lowest BCUT2D eigenvalue weighted by molar-refractivity contribution is -0.122. The first-order valence-corrected chi connectivity index (χ1v) is 14.6. The van der Waals surface area contributed by atoms with Crippen LogP contribution in [0, 0.1) is 11.7 Å². The average Bonchev–Trinajstić information content (AvgIpc) is 3.74. The summed E-state index contributed by atoms with van der Waals surface area (Å²) in [6.07, 6.45) is 3.53. The van der Waals surface area contributed by atoms with E-state index in [0.29, 0.717) is 18.4 Å². The number of halogens is 1. The minimum absolute atomic E-state index is 0.183. The van der Waals surface area contributed by atoms with E-state index in [-0.39, 0.29) is 35.0 Å². The lowest BCUT2D eigenvalue weighted by Crippen LogP contribution is -2.46. The fraction of sp³-hybridized carbons (Fsp3) is 0.344. The van der Waals surface area contributed by atoms with Crippen LogP contribution in [0.3, 0.4) is 0 Å². The van der Waals surface area contributed by atoms with Gasteiger partial charge in [0.1, 0.15) is 23.9 Å². The number of hydrogen-bond donors (Lipinski definition) is 2. The van der Waals surface area contributed by atoms with E-state index in [1.807, 2.05) is 0 Å². The van der Waals surface area contributed by atoms with Crippen molar-refractivity contribution in [1.82, 2.24) is 25.1 Å². The maximum Gasteiger partial charge on any atom is 0.411 e. The number of methoxy groups -OCH3 is 1. The highest BCUT2D eigenvalue weighted by Crippen LogP contribution is 2.45. The highest BCUT2D eigenvalue weighted by molar-refractivity contribution is 5.98. The number of amides is 2. The van der Waals surface area contributed by atoms with Crippen LogP contribution in [0.1, 0.15) is 61.7 Å². The fourth-order valence-electron chi connectivity index (χ4n) is 5.62. The Labute approximate surface area is 258 Å². The molecule has 4 aromatic rings. The molecule has 1 aliphatic rings. The van der Waals surface area contributed by atoms with Crippen molar-refractivity contribution in [3.8, 4) is 11.4 Å². The minimum atomic E-state index is -1.06. The standard InChI is InChI=1S/C32H33FN6O6/c1-19(2)25(26(41)28-37-38-30(45-28)32(15-7-8-16-32)21-11-13-22(33)14-12-21)36-24(40)18-39-27(20-9-5-4-6-10-20)34-17-23(29(39)42)35-31(43)44-3/h4-6,9-14,17,19,25H,7-8,15-16,18H2,1-3H3,(H,35,43)(H,36,40)/t25-/m1/s1. The number of ether oxygens (including phenoxy) is 1. The van der Waals surface area contributed by atoms with Gasteiger partial charge in [-0.1, -0.05) is 69.2 Å². The largest absolute Gasteiger partial charge is 0.453 e. The molecule has 0 spiro atoms. The van der Waals surface area contributed by atoms with Crippen LogP contribution in [0.5, 0.6) is 0 Å². The third-order valence-corrected chi connectivity index (χ3v) is 7.97. The van der Waals surface area contributed by atoms with Crippen molar-refractivity contribution < 1.29 is 27.9 Å².